The summed E-state index contributed by atoms with van der Waals surface area (Å²) in [5.74, 6) is -0.538. The lowest BCUT2D eigenvalue weighted by Gasteiger charge is -2.24. The zero-order chi connectivity index (χ0) is 17.6. The summed E-state index contributed by atoms with van der Waals surface area (Å²) in [7, 11) is -0.204. The van der Waals surface area contributed by atoms with E-state index in [0.717, 1.165) is 0 Å². The molecule has 130 valence electrons. The average molecular weight is 349 g/mol. The second kappa shape index (κ2) is 8.35. The van der Waals surface area contributed by atoms with E-state index in [4.69, 9.17) is 0 Å². The van der Waals surface area contributed by atoms with E-state index in [0.29, 0.717) is 5.56 Å². The molecule has 5 nitrogen and oxygen atoms in total. The van der Waals surface area contributed by atoms with Crippen LogP contribution in [0.3, 0.4) is 0 Å². The highest BCUT2D eigenvalue weighted by Gasteiger charge is 2.25. The number of rotatable bonds is 7. The van der Waals surface area contributed by atoms with Crippen molar-refractivity contribution < 1.29 is 27.3 Å². The summed E-state index contributed by atoms with van der Waals surface area (Å²) in [5, 5.41) is 0. The molecular weight excluding hydrogens is 328 g/mol. The maximum atomic E-state index is 12.3. The molecule has 1 rings (SSSR count). The van der Waals surface area contributed by atoms with Gasteiger partial charge in [-0.3, -0.25) is 4.79 Å². The molecule has 0 aliphatic heterocycles. The van der Waals surface area contributed by atoms with Crippen LogP contribution in [0.2, 0.25) is 0 Å². The highest BCUT2D eigenvalue weighted by molar-refractivity contribution is 7.84. The summed E-state index contributed by atoms with van der Waals surface area (Å²) in [5.41, 5.74) is 0.506. The van der Waals surface area contributed by atoms with Crippen LogP contribution in [0.15, 0.2) is 24.3 Å². The van der Waals surface area contributed by atoms with E-state index in [1.165, 1.54) is 25.3 Å². The van der Waals surface area contributed by atoms with Gasteiger partial charge in [0.2, 0.25) is 0 Å². The first-order valence-corrected chi connectivity index (χ1v) is 8.08. The Hall–Kier alpha value is -1.54. The highest BCUT2D eigenvalue weighted by Crippen LogP contribution is 2.25. The molecule has 1 N–H and O–H groups in total. The Morgan fingerprint density at radius 3 is 2.52 bits per heavy atom. The fourth-order valence-corrected chi connectivity index (χ4v) is 2.52. The van der Waals surface area contributed by atoms with Gasteiger partial charge in [-0.25, -0.2) is 8.93 Å². The number of carbonyl (C=O) groups is 1. The lowest BCUT2D eigenvalue weighted by molar-refractivity contribution is -0.141. The molecule has 0 radical (unpaired) electrons. The maximum Gasteiger partial charge on any atom is 0.387 e. The zero-order valence-corrected chi connectivity index (χ0v) is 14.3. The van der Waals surface area contributed by atoms with Gasteiger partial charge in [0.05, 0.1) is 35.3 Å². The first-order chi connectivity index (χ1) is 10.6. The van der Waals surface area contributed by atoms with Crippen molar-refractivity contribution in [2.45, 2.75) is 44.6 Å². The van der Waals surface area contributed by atoms with E-state index < -0.39 is 34.4 Å². The predicted octanol–water partition coefficient (Wildman–Crippen LogP) is 2.94. The lowest BCUT2D eigenvalue weighted by Crippen LogP contribution is -2.36. The molecular formula is C15H21F2NO4S. The zero-order valence-electron chi connectivity index (χ0n) is 13.5. The van der Waals surface area contributed by atoms with Gasteiger partial charge in [-0.2, -0.15) is 8.78 Å². The van der Waals surface area contributed by atoms with Gasteiger partial charge in [0.25, 0.3) is 0 Å². The first-order valence-electron chi connectivity index (χ1n) is 6.93. The molecule has 1 aromatic carbocycles. The maximum absolute atomic E-state index is 12.3. The Balaban J connectivity index is 3.03. The fraction of sp³-hybridized carbons (Fsp3) is 0.533. The summed E-state index contributed by atoms with van der Waals surface area (Å²) in [6.45, 7) is 2.39. The average Bonchev–Trinajstić information content (AvgIpc) is 2.44. The van der Waals surface area contributed by atoms with Crippen LogP contribution in [-0.2, 0) is 20.5 Å². The Morgan fingerprint density at radius 2 is 2.00 bits per heavy atom. The van der Waals surface area contributed by atoms with E-state index in [-0.39, 0.29) is 12.2 Å². The van der Waals surface area contributed by atoms with Crippen molar-refractivity contribution in [2.24, 2.45) is 0 Å². The van der Waals surface area contributed by atoms with Crippen LogP contribution in [0, 0.1) is 0 Å². The summed E-state index contributed by atoms with van der Waals surface area (Å²) in [6.07, 6.45) is -0.0869. The van der Waals surface area contributed by atoms with Gasteiger partial charge in [0.15, 0.2) is 0 Å². The lowest BCUT2D eigenvalue weighted by atomic mass is 10.0. The van der Waals surface area contributed by atoms with E-state index in [9.17, 15) is 17.8 Å². The Bertz CT molecular complexity index is 561. The monoisotopic (exact) mass is 349 g/mol. The minimum atomic E-state index is -2.94. The van der Waals surface area contributed by atoms with Gasteiger partial charge in [-0.05, 0) is 38.5 Å². The summed E-state index contributed by atoms with van der Waals surface area (Å²) < 4.78 is 48.2. The highest BCUT2D eigenvalue weighted by atomic mass is 32.2. The molecule has 0 saturated carbocycles. The van der Waals surface area contributed by atoms with Gasteiger partial charge in [0, 0.05) is 0 Å². The number of carbonyl (C=O) groups excluding carboxylic acids is 1. The number of hydrogen-bond acceptors (Lipinski definition) is 4. The second-order valence-electron chi connectivity index (χ2n) is 5.78. The van der Waals surface area contributed by atoms with Gasteiger partial charge >= 0.3 is 12.6 Å². The first kappa shape index (κ1) is 19.5. The minimum absolute atomic E-state index is 0.0318. The Kier molecular flexibility index (Phi) is 7.08. The largest absolute Gasteiger partial charge is 0.469 e. The number of benzene rings is 1. The SMILES string of the molecule is COC(=O)C[C@H](N[S@](=O)C(C)(C)C)c1cccc(OC(F)F)c1. The summed E-state index contributed by atoms with van der Waals surface area (Å²) in [6, 6.07) is 5.28. The molecule has 8 heteroatoms. The number of alkyl halides is 2. The number of hydrogen-bond donors (Lipinski definition) is 1. The van der Waals surface area contributed by atoms with Gasteiger partial charge in [-0.15, -0.1) is 0 Å². The minimum Gasteiger partial charge on any atom is -0.469 e. The molecule has 1 aromatic rings. The van der Waals surface area contributed by atoms with Crippen LogP contribution in [0.4, 0.5) is 8.78 Å². The van der Waals surface area contributed by atoms with E-state index in [1.54, 1.807) is 26.8 Å². The summed E-state index contributed by atoms with van der Waals surface area (Å²) >= 11 is 0. The quantitative estimate of drug-likeness (QED) is 0.769. The van der Waals surface area contributed by atoms with Crippen molar-refractivity contribution in [3.05, 3.63) is 29.8 Å². The van der Waals surface area contributed by atoms with Gasteiger partial charge < -0.3 is 9.47 Å². The number of halogens is 2. The Morgan fingerprint density at radius 1 is 1.35 bits per heavy atom. The van der Waals surface area contributed by atoms with Gasteiger partial charge in [0.1, 0.15) is 5.75 Å². The third kappa shape index (κ3) is 6.62. The van der Waals surface area contributed by atoms with Crippen LogP contribution in [0.25, 0.3) is 0 Å². The molecule has 0 aliphatic rings. The predicted molar refractivity (Wildman–Crippen MR) is 83.5 cm³/mol. The molecule has 0 bridgehead atoms. The summed E-state index contributed by atoms with van der Waals surface area (Å²) in [4.78, 5) is 11.6. The van der Waals surface area contributed by atoms with Crippen molar-refractivity contribution >= 4 is 17.0 Å². The number of ether oxygens (including phenoxy) is 2. The number of nitrogens with one attached hydrogen (secondary N) is 1. The van der Waals surface area contributed by atoms with Crippen LogP contribution in [0.5, 0.6) is 5.75 Å². The molecule has 0 aliphatic carbocycles. The third-order valence-corrected chi connectivity index (χ3v) is 4.50. The van der Waals surface area contributed by atoms with Crippen LogP contribution in [0.1, 0.15) is 38.8 Å². The van der Waals surface area contributed by atoms with Crippen molar-refractivity contribution in [3.63, 3.8) is 0 Å². The van der Waals surface area contributed by atoms with Crippen LogP contribution < -0.4 is 9.46 Å². The number of esters is 1. The van der Waals surface area contributed by atoms with Crippen molar-refractivity contribution in [1.29, 1.82) is 0 Å². The van der Waals surface area contributed by atoms with E-state index >= 15 is 0 Å². The third-order valence-electron chi connectivity index (χ3n) is 2.89. The van der Waals surface area contributed by atoms with Gasteiger partial charge in [-0.1, -0.05) is 12.1 Å². The normalized spacial score (nSPS) is 14.4. The van der Waals surface area contributed by atoms with E-state index in [2.05, 4.69) is 14.2 Å². The van der Waals surface area contributed by atoms with Crippen molar-refractivity contribution in [1.82, 2.24) is 4.72 Å². The molecule has 2 atom stereocenters. The van der Waals surface area contributed by atoms with Crippen LogP contribution in [-0.4, -0.2) is 28.6 Å². The van der Waals surface area contributed by atoms with E-state index in [1.807, 2.05) is 0 Å². The molecule has 23 heavy (non-hydrogen) atoms. The molecule has 0 aromatic heterocycles. The molecule has 0 saturated heterocycles. The molecule has 0 unspecified atom stereocenters. The second-order valence-corrected chi connectivity index (χ2v) is 7.78. The molecule has 0 spiro atoms. The van der Waals surface area contributed by atoms with Crippen LogP contribution >= 0.6 is 0 Å². The molecule has 0 heterocycles. The smallest absolute Gasteiger partial charge is 0.387 e. The number of methoxy groups -OCH3 is 1. The standard InChI is InChI=1S/C15H21F2NO4S/c1-15(2,3)23(20)18-12(9-13(19)21-4)10-6-5-7-11(8-10)22-14(16)17/h5-8,12,14,18H,9H2,1-4H3/t12-,23+/m0/s1. The fourth-order valence-electron chi connectivity index (χ4n) is 1.69. The van der Waals surface area contributed by atoms with Crippen molar-refractivity contribution in [3.8, 4) is 5.75 Å². The Labute approximate surface area is 136 Å². The topological polar surface area (TPSA) is 64.6 Å². The van der Waals surface area contributed by atoms with Crippen molar-refractivity contribution in [2.75, 3.05) is 7.11 Å². The molecule has 0 amide bonds. The molecule has 0 fully saturated rings.